The molecule has 2 N–H and O–H groups in total. The Balaban J connectivity index is 1.53. The first-order valence-electron chi connectivity index (χ1n) is 11.8. The molecule has 0 aromatic rings. The van der Waals surface area contributed by atoms with E-state index in [4.69, 9.17) is 9.73 Å². The maximum absolute atomic E-state index is 5.61. The molecule has 162 valence electrons. The van der Waals surface area contributed by atoms with Crippen molar-refractivity contribution >= 4 is 5.96 Å². The van der Waals surface area contributed by atoms with Gasteiger partial charge in [-0.15, -0.1) is 0 Å². The Morgan fingerprint density at radius 2 is 1.75 bits per heavy atom. The molecule has 2 heterocycles. The summed E-state index contributed by atoms with van der Waals surface area (Å²) in [6, 6.07) is 0. The molecule has 0 aromatic carbocycles. The standard InChI is InChI=1S/C22H43N5O/c1-3-23-21(24-12-7-20-8-13-26(2)14-9-20)25-19-22(10-5-4-6-11-22)27-15-17-28-18-16-27/h20H,3-19H2,1-2H3,(H2,23,24,25). The van der Waals surface area contributed by atoms with Gasteiger partial charge in [-0.2, -0.15) is 0 Å². The average Bonchev–Trinajstić information content (AvgIpc) is 2.75. The van der Waals surface area contributed by atoms with Gasteiger partial charge in [0.25, 0.3) is 0 Å². The zero-order chi connectivity index (χ0) is 19.7. The lowest BCUT2D eigenvalue weighted by Crippen LogP contribution is -2.56. The normalized spacial score (nSPS) is 25.6. The van der Waals surface area contributed by atoms with E-state index in [1.54, 1.807) is 0 Å². The lowest BCUT2D eigenvalue weighted by Gasteiger charge is -2.47. The van der Waals surface area contributed by atoms with Gasteiger partial charge >= 0.3 is 0 Å². The first-order chi connectivity index (χ1) is 13.7. The van der Waals surface area contributed by atoms with Gasteiger partial charge in [0.05, 0.1) is 19.8 Å². The number of nitrogens with one attached hydrogen (secondary N) is 2. The Morgan fingerprint density at radius 3 is 2.43 bits per heavy atom. The third kappa shape index (κ3) is 6.33. The summed E-state index contributed by atoms with van der Waals surface area (Å²) >= 11 is 0. The molecule has 3 rings (SSSR count). The van der Waals surface area contributed by atoms with Crippen LogP contribution in [0.4, 0.5) is 0 Å². The summed E-state index contributed by atoms with van der Waals surface area (Å²) in [6.07, 6.45) is 10.6. The van der Waals surface area contributed by atoms with E-state index in [2.05, 4.69) is 34.4 Å². The van der Waals surface area contributed by atoms with Gasteiger partial charge in [-0.25, -0.2) is 0 Å². The van der Waals surface area contributed by atoms with Crippen LogP contribution in [0.1, 0.15) is 58.3 Å². The maximum atomic E-state index is 5.61. The van der Waals surface area contributed by atoms with Gasteiger partial charge in [0.2, 0.25) is 0 Å². The van der Waals surface area contributed by atoms with E-state index >= 15 is 0 Å². The Morgan fingerprint density at radius 1 is 1.04 bits per heavy atom. The predicted molar refractivity (Wildman–Crippen MR) is 117 cm³/mol. The van der Waals surface area contributed by atoms with Crippen molar-refractivity contribution in [2.45, 2.75) is 63.8 Å². The number of piperidine rings is 1. The van der Waals surface area contributed by atoms with Gasteiger partial charge in [-0.05, 0) is 65.1 Å². The molecule has 1 aliphatic carbocycles. The number of hydrogen-bond donors (Lipinski definition) is 2. The van der Waals surface area contributed by atoms with Crippen LogP contribution in [0, 0.1) is 5.92 Å². The number of likely N-dealkylation sites (tertiary alicyclic amines) is 1. The van der Waals surface area contributed by atoms with Crippen molar-refractivity contribution in [3.05, 3.63) is 0 Å². The minimum absolute atomic E-state index is 0.248. The number of hydrogen-bond acceptors (Lipinski definition) is 4. The highest BCUT2D eigenvalue weighted by atomic mass is 16.5. The predicted octanol–water partition coefficient (Wildman–Crippen LogP) is 2.31. The van der Waals surface area contributed by atoms with E-state index in [0.717, 1.165) is 57.8 Å². The molecule has 1 saturated carbocycles. The first-order valence-corrected chi connectivity index (χ1v) is 11.8. The molecule has 0 unspecified atom stereocenters. The first kappa shape index (κ1) is 21.8. The van der Waals surface area contributed by atoms with E-state index in [-0.39, 0.29) is 5.54 Å². The molecule has 0 aromatic heterocycles. The number of guanidine groups is 1. The van der Waals surface area contributed by atoms with Crippen molar-refractivity contribution in [1.29, 1.82) is 0 Å². The van der Waals surface area contributed by atoms with Gasteiger partial charge in [-0.1, -0.05) is 19.3 Å². The Labute approximate surface area is 172 Å². The summed E-state index contributed by atoms with van der Waals surface area (Å²) in [7, 11) is 2.24. The molecule has 3 aliphatic rings. The summed E-state index contributed by atoms with van der Waals surface area (Å²) < 4.78 is 5.61. The zero-order valence-electron chi connectivity index (χ0n) is 18.3. The van der Waals surface area contributed by atoms with Crippen LogP contribution in [0.25, 0.3) is 0 Å². The van der Waals surface area contributed by atoms with Crippen molar-refractivity contribution < 1.29 is 4.74 Å². The molecule has 28 heavy (non-hydrogen) atoms. The molecular weight excluding hydrogens is 350 g/mol. The van der Waals surface area contributed by atoms with Crippen LogP contribution < -0.4 is 10.6 Å². The number of nitrogens with zero attached hydrogens (tertiary/aromatic N) is 3. The van der Waals surface area contributed by atoms with Crippen molar-refractivity contribution in [1.82, 2.24) is 20.4 Å². The Kier molecular flexibility index (Phi) is 8.87. The number of ether oxygens (including phenoxy) is 1. The highest BCUT2D eigenvalue weighted by Gasteiger charge is 2.38. The topological polar surface area (TPSA) is 52.1 Å². The van der Waals surface area contributed by atoms with E-state index in [1.807, 2.05) is 0 Å². The molecule has 2 saturated heterocycles. The minimum atomic E-state index is 0.248. The SMILES string of the molecule is CCNC(=NCC1(N2CCOCC2)CCCCC1)NCCC1CCN(C)CC1. The third-order valence-electron chi connectivity index (χ3n) is 7.03. The van der Waals surface area contributed by atoms with Crippen molar-refractivity contribution in [3.63, 3.8) is 0 Å². The molecular formula is C22H43N5O. The second-order valence-corrected chi connectivity index (χ2v) is 9.04. The maximum Gasteiger partial charge on any atom is 0.191 e. The number of aliphatic imine (C=N–C) groups is 1. The summed E-state index contributed by atoms with van der Waals surface area (Å²) in [6.45, 7) is 11.4. The lowest BCUT2D eigenvalue weighted by atomic mass is 9.80. The Hall–Kier alpha value is -0.850. The van der Waals surface area contributed by atoms with Crippen molar-refractivity contribution in [3.8, 4) is 0 Å². The zero-order valence-corrected chi connectivity index (χ0v) is 18.3. The molecule has 0 amide bonds. The lowest BCUT2D eigenvalue weighted by molar-refractivity contribution is -0.0333. The fraction of sp³-hybridized carbons (Fsp3) is 0.955. The molecule has 0 bridgehead atoms. The number of morpholine rings is 1. The largest absolute Gasteiger partial charge is 0.379 e. The van der Waals surface area contributed by atoms with Gasteiger partial charge in [0.1, 0.15) is 0 Å². The minimum Gasteiger partial charge on any atom is -0.379 e. The quantitative estimate of drug-likeness (QED) is 0.513. The third-order valence-corrected chi connectivity index (χ3v) is 7.03. The summed E-state index contributed by atoms with van der Waals surface area (Å²) in [5.41, 5.74) is 0.248. The summed E-state index contributed by atoms with van der Waals surface area (Å²) in [4.78, 5) is 10.2. The van der Waals surface area contributed by atoms with Gasteiger partial charge < -0.3 is 20.3 Å². The van der Waals surface area contributed by atoms with E-state index in [1.165, 1.54) is 64.5 Å². The molecule has 0 atom stereocenters. The highest BCUT2D eigenvalue weighted by molar-refractivity contribution is 5.79. The van der Waals surface area contributed by atoms with E-state index in [0.29, 0.717) is 0 Å². The molecule has 3 fully saturated rings. The van der Waals surface area contributed by atoms with Crippen LogP contribution in [-0.4, -0.2) is 87.4 Å². The smallest absolute Gasteiger partial charge is 0.191 e. The van der Waals surface area contributed by atoms with Crippen LogP contribution in [-0.2, 0) is 4.74 Å². The molecule has 0 radical (unpaired) electrons. The van der Waals surface area contributed by atoms with Gasteiger partial charge in [0.15, 0.2) is 5.96 Å². The van der Waals surface area contributed by atoms with Gasteiger partial charge in [-0.3, -0.25) is 9.89 Å². The molecule has 0 spiro atoms. The van der Waals surface area contributed by atoms with Crippen LogP contribution in [0.3, 0.4) is 0 Å². The highest BCUT2D eigenvalue weighted by Crippen LogP contribution is 2.34. The fourth-order valence-corrected chi connectivity index (χ4v) is 5.14. The molecule has 6 heteroatoms. The summed E-state index contributed by atoms with van der Waals surface area (Å²) in [5.74, 6) is 1.87. The second kappa shape index (κ2) is 11.4. The van der Waals surface area contributed by atoms with Crippen LogP contribution in [0.5, 0.6) is 0 Å². The second-order valence-electron chi connectivity index (χ2n) is 9.04. The molecule has 2 aliphatic heterocycles. The van der Waals surface area contributed by atoms with E-state index in [9.17, 15) is 0 Å². The fourth-order valence-electron chi connectivity index (χ4n) is 5.14. The number of rotatable bonds is 7. The van der Waals surface area contributed by atoms with E-state index < -0.39 is 0 Å². The van der Waals surface area contributed by atoms with Crippen molar-refractivity contribution in [2.75, 3.05) is 66.1 Å². The summed E-state index contributed by atoms with van der Waals surface area (Å²) in [5, 5.41) is 7.10. The van der Waals surface area contributed by atoms with Crippen LogP contribution in [0.2, 0.25) is 0 Å². The Bertz CT molecular complexity index is 464. The van der Waals surface area contributed by atoms with Crippen LogP contribution >= 0.6 is 0 Å². The van der Waals surface area contributed by atoms with Crippen LogP contribution in [0.15, 0.2) is 4.99 Å². The van der Waals surface area contributed by atoms with Crippen molar-refractivity contribution in [2.24, 2.45) is 10.9 Å². The average molecular weight is 394 g/mol. The van der Waals surface area contributed by atoms with Gasteiger partial charge in [0, 0.05) is 31.7 Å². The monoisotopic (exact) mass is 393 g/mol. The molecule has 6 nitrogen and oxygen atoms in total.